The van der Waals surface area contributed by atoms with Crippen molar-refractivity contribution in [3.05, 3.63) is 42.0 Å². The van der Waals surface area contributed by atoms with E-state index in [1.54, 1.807) is 0 Å². The van der Waals surface area contributed by atoms with Gasteiger partial charge in [0.2, 0.25) is 5.75 Å². The van der Waals surface area contributed by atoms with Crippen molar-refractivity contribution in [3.63, 3.8) is 0 Å². The van der Waals surface area contributed by atoms with Crippen molar-refractivity contribution in [1.82, 2.24) is 0 Å². The fourth-order valence-electron chi connectivity index (χ4n) is 2.13. The number of amides is 2. The van der Waals surface area contributed by atoms with E-state index in [0.717, 1.165) is 18.2 Å². The van der Waals surface area contributed by atoms with Crippen molar-refractivity contribution in [3.8, 4) is 17.2 Å². The van der Waals surface area contributed by atoms with Crippen LogP contribution in [-0.2, 0) is 9.59 Å². The molecule has 0 fully saturated rings. The van der Waals surface area contributed by atoms with Gasteiger partial charge >= 0.3 is 11.8 Å². The zero-order chi connectivity index (χ0) is 19.3. The van der Waals surface area contributed by atoms with Crippen molar-refractivity contribution in [1.29, 1.82) is 0 Å². The SMILES string of the molecule is COc1cc(NC(=O)C(=O)Nc2c(F)cccc2F)cc(OC)c1OC. The molecule has 0 radical (unpaired) electrons. The first-order valence-corrected chi connectivity index (χ1v) is 7.27. The summed E-state index contributed by atoms with van der Waals surface area (Å²) in [6.45, 7) is 0. The summed E-state index contributed by atoms with van der Waals surface area (Å²) in [6, 6.07) is 5.84. The number of carbonyl (C=O) groups excluding carboxylic acids is 2. The topological polar surface area (TPSA) is 85.9 Å². The molecule has 138 valence electrons. The highest BCUT2D eigenvalue weighted by Crippen LogP contribution is 2.39. The third kappa shape index (κ3) is 4.00. The van der Waals surface area contributed by atoms with Gasteiger partial charge in [-0.15, -0.1) is 0 Å². The summed E-state index contributed by atoms with van der Waals surface area (Å²) in [5.74, 6) is -3.58. The predicted octanol–water partition coefficient (Wildman–Crippen LogP) is 2.57. The highest BCUT2D eigenvalue weighted by Gasteiger charge is 2.20. The van der Waals surface area contributed by atoms with Gasteiger partial charge < -0.3 is 24.8 Å². The average Bonchev–Trinajstić information content (AvgIpc) is 2.63. The maximum Gasteiger partial charge on any atom is 0.314 e. The van der Waals surface area contributed by atoms with E-state index in [9.17, 15) is 18.4 Å². The third-order valence-electron chi connectivity index (χ3n) is 3.33. The Morgan fingerprint density at radius 1 is 0.846 bits per heavy atom. The molecule has 2 aromatic rings. The van der Waals surface area contributed by atoms with E-state index in [1.165, 1.54) is 33.5 Å². The van der Waals surface area contributed by atoms with E-state index in [2.05, 4.69) is 5.32 Å². The Balaban J connectivity index is 2.20. The highest BCUT2D eigenvalue weighted by atomic mass is 19.1. The second kappa shape index (κ2) is 8.15. The molecule has 7 nitrogen and oxygen atoms in total. The lowest BCUT2D eigenvalue weighted by molar-refractivity contribution is -0.133. The van der Waals surface area contributed by atoms with E-state index in [4.69, 9.17) is 14.2 Å². The first-order valence-electron chi connectivity index (χ1n) is 7.27. The molecule has 0 aliphatic heterocycles. The number of methoxy groups -OCH3 is 3. The molecule has 2 amide bonds. The molecule has 0 saturated heterocycles. The first kappa shape index (κ1) is 19.0. The quantitative estimate of drug-likeness (QED) is 0.795. The van der Waals surface area contributed by atoms with Crippen molar-refractivity contribution in [2.45, 2.75) is 0 Å². The van der Waals surface area contributed by atoms with Gasteiger partial charge in [-0.3, -0.25) is 9.59 Å². The van der Waals surface area contributed by atoms with Gasteiger partial charge in [0.25, 0.3) is 0 Å². The summed E-state index contributed by atoms with van der Waals surface area (Å²) < 4.78 is 42.5. The third-order valence-corrected chi connectivity index (χ3v) is 3.33. The lowest BCUT2D eigenvalue weighted by Crippen LogP contribution is -2.29. The van der Waals surface area contributed by atoms with Crippen LogP contribution in [0.1, 0.15) is 0 Å². The molecule has 2 N–H and O–H groups in total. The van der Waals surface area contributed by atoms with Crippen LogP contribution < -0.4 is 24.8 Å². The minimum Gasteiger partial charge on any atom is -0.493 e. The molecule has 0 aliphatic carbocycles. The maximum atomic E-state index is 13.5. The largest absolute Gasteiger partial charge is 0.493 e. The summed E-state index contributed by atoms with van der Waals surface area (Å²) in [7, 11) is 4.18. The Hall–Kier alpha value is -3.36. The van der Waals surface area contributed by atoms with Crippen LogP contribution >= 0.6 is 0 Å². The first-order chi connectivity index (χ1) is 12.4. The summed E-state index contributed by atoms with van der Waals surface area (Å²) >= 11 is 0. The summed E-state index contributed by atoms with van der Waals surface area (Å²) in [4.78, 5) is 23.9. The van der Waals surface area contributed by atoms with Crippen LogP contribution in [0.25, 0.3) is 0 Å². The molecule has 0 unspecified atom stereocenters. The van der Waals surface area contributed by atoms with Crippen LogP contribution in [0.5, 0.6) is 17.2 Å². The molecule has 0 atom stereocenters. The summed E-state index contributed by atoms with van der Waals surface area (Å²) in [5.41, 5.74) is -0.550. The Morgan fingerprint density at radius 2 is 1.35 bits per heavy atom. The van der Waals surface area contributed by atoms with Crippen LogP contribution in [0, 0.1) is 11.6 Å². The maximum absolute atomic E-state index is 13.5. The van der Waals surface area contributed by atoms with Gasteiger partial charge in [0.15, 0.2) is 11.5 Å². The molecule has 0 aliphatic rings. The average molecular weight is 366 g/mol. The van der Waals surface area contributed by atoms with Gasteiger partial charge in [-0.2, -0.15) is 0 Å². The normalized spacial score (nSPS) is 10.0. The van der Waals surface area contributed by atoms with E-state index >= 15 is 0 Å². The molecule has 0 heterocycles. The van der Waals surface area contributed by atoms with Crippen LogP contribution in [0.2, 0.25) is 0 Å². The number of carbonyl (C=O) groups is 2. The van der Waals surface area contributed by atoms with Gasteiger partial charge in [-0.05, 0) is 12.1 Å². The smallest absolute Gasteiger partial charge is 0.314 e. The van der Waals surface area contributed by atoms with Crippen LogP contribution in [-0.4, -0.2) is 33.1 Å². The number of para-hydroxylation sites is 1. The summed E-state index contributed by atoms with van der Waals surface area (Å²) in [6.07, 6.45) is 0. The Kier molecular flexibility index (Phi) is 5.94. The van der Waals surface area contributed by atoms with Gasteiger partial charge in [0, 0.05) is 17.8 Å². The number of hydrogen-bond acceptors (Lipinski definition) is 5. The summed E-state index contributed by atoms with van der Waals surface area (Å²) in [5, 5.41) is 4.18. The number of nitrogens with one attached hydrogen (secondary N) is 2. The van der Waals surface area contributed by atoms with E-state index in [-0.39, 0.29) is 17.2 Å². The number of halogens is 2. The molecule has 0 spiro atoms. The van der Waals surface area contributed by atoms with Crippen LogP contribution in [0.15, 0.2) is 30.3 Å². The fraction of sp³-hybridized carbons (Fsp3) is 0.176. The molecule has 9 heteroatoms. The monoisotopic (exact) mass is 366 g/mol. The van der Waals surface area contributed by atoms with Crippen LogP contribution in [0.3, 0.4) is 0 Å². The van der Waals surface area contributed by atoms with Gasteiger partial charge in [0.05, 0.1) is 21.3 Å². The second-order valence-electron chi connectivity index (χ2n) is 4.92. The van der Waals surface area contributed by atoms with Gasteiger partial charge in [-0.1, -0.05) is 6.07 Å². The molecule has 2 aromatic carbocycles. The van der Waals surface area contributed by atoms with Crippen molar-refractivity contribution < 1.29 is 32.6 Å². The molecule has 26 heavy (non-hydrogen) atoms. The number of anilines is 2. The highest BCUT2D eigenvalue weighted by molar-refractivity contribution is 6.43. The van der Waals surface area contributed by atoms with Crippen molar-refractivity contribution in [2.24, 2.45) is 0 Å². The second-order valence-corrected chi connectivity index (χ2v) is 4.92. The number of benzene rings is 2. The standard InChI is InChI=1S/C17H16F2N2O5/c1-24-12-7-9(8-13(25-2)15(12)26-3)20-16(22)17(23)21-14-10(18)5-4-6-11(14)19/h4-8H,1-3H3,(H,20,22)(H,21,23). The van der Waals surface area contributed by atoms with E-state index in [0.29, 0.717) is 5.75 Å². The number of ether oxygens (including phenoxy) is 3. The lowest BCUT2D eigenvalue weighted by Gasteiger charge is -2.14. The number of rotatable bonds is 5. The predicted molar refractivity (Wildman–Crippen MR) is 89.7 cm³/mol. The van der Waals surface area contributed by atoms with Gasteiger partial charge in [0.1, 0.15) is 17.3 Å². The molecule has 2 rings (SSSR count). The van der Waals surface area contributed by atoms with Crippen LogP contribution in [0.4, 0.5) is 20.2 Å². The molecular weight excluding hydrogens is 350 g/mol. The Labute approximate surface area is 147 Å². The van der Waals surface area contributed by atoms with Crippen molar-refractivity contribution >= 4 is 23.2 Å². The van der Waals surface area contributed by atoms with Gasteiger partial charge in [-0.25, -0.2) is 8.78 Å². The van der Waals surface area contributed by atoms with Crippen molar-refractivity contribution in [2.75, 3.05) is 32.0 Å². The molecule has 0 saturated carbocycles. The lowest BCUT2D eigenvalue weighted by atomic mass is 10.2. The Morgan fingerprint density at radius 3 is 1.81 bits per heavy atom. The zero-order valence-electron chi connectivity index (χ0n) is 14.2. The minimum absolute atomic E-state index is 0.161. The minimum atomic E-state index is -1.25. The molecular formula is C17H16F2N2O5. The Bertz CT molecular complexity index is 797. The fourth-order valence-corrected chi connectivity index (χ4v) is 2.13. The molecule has 0 aromatic heterocycles. The zero-order valence-corrected chi connectivity index (χ0v) is 14.2. The van der Waals surface area contributed by atoms with E-state index < -0.39 is 29.1 Å². The number of hydrogen-bond donors (Lipinski definition) is 2. The van der Waals surface area contributed by atoms with E-state index in [1.807, 2.05) is 5.32 Å². The molecule has 0 bridgehead atoms.